The number of aliphatic imine (C=N–C) groups is 1. The van der Waals surface area contributed by atoms with E-state index in [9.17, 15) is 0 Å². The van der Waals surface area contributed by atoms with Gasteiger partial charge in [-0.2, -0.15) is 0 Å². The van der Waals surface area contributed by atoms with Crippen LogP contribution in [0.5, 0.6) is 0 Å². The van der Waals surface area contributed by atoms with Crippen LogP contribution in [0.25, 0.3) is 5.69 Å². The van der Waals surface area contributed by atoms with Crippen LogP contribution in [0, 0.1) is 24.3 Å². The van der Waals surface area contributed by atoms with Crippen LogP contribution in [0.2, 0.25) is 0 Å². The number of aryl methyl sites for hydroxylation is 2. The maximum absolute atomic E-state index is 5.24. The number of nitrogens with zero attached hydrogens (tertiary/aromatic N) is 2. The number of benzene rings is 1. The molecule has 0 aliphatic rings. The Morgan fingerprint density at radius 2 is 1.95 bits per heavy atom. The fraction of sp³-hybridized carbons (Fsp3) is 0.167. The maximum atomic E-state index is 5.24. The van der Waals surface area contributed by atoms with Crippen LogP contribution in [-0.2, 0) is 0 Å². The Morgan fingerprint density at radius 3 is 2.64 bits per heavy atom. The first-order chi connectivity index (χ1) is 10.6. The minimum absolute atomic E-state index is 0.620. The molecule has 0 saturated heterocycles. The van der Waals surface area contributed by atoms with Crippen LogP contribution in [0.1, 0.15) is 22.5 Å². The molecule has 2 heterocycles. The molecule has 0 fully saturated rings. The quantitative estimate of drug-likeness (QED) is 0.428. The molecule has 0 saturated carbocycles. The van der Waals surface area contributed by atoms with Crippen molar-refractivity contribution in [3.05, 3.63) is 68.7 Å². The highest BCUT2D eigenvalue weighted by Crippen LogP contribution is 2.23. The van der Waals surface area contributed by atoms with Crippen molar-refractivity contribution in [1.29, 1.82) is 0 Å². The summed E-state index contributed by atoms with van der Waals surface area (Å²) < 4.78 is 8.78. The molecular formula is C18H17IN2O. The molecule has 22 heavy (non-hydrogen) atoms. The first-order valence-electron chi connectivity index (χ1n) is 7.09. The predicted molar refractivity (Wildman–Crippen MR) is 98.7 cm³/mol. The van der Waals surface area contributed by atoms with E-state index in [1.54, 1.807) is 6.26 Å². The second-order valence-electron chi connectivity index (χ2n) is 5.30. The van der Waals surface area contributed by atoms with Crippen LogP contribution in [-0.4, -0.2) is 10.8 Å². The summed E-state index contributed by atoms with van der Waals surface area (Å²) in [6.45, 7) is 6.37. The molecule has 0 amide bonds. The van der Waals surface area contributed by atoms with E-state index < -0.39 is 0 Å². The summed E-state index contributed by atoms with van der Waals surface area (Å²) in [5.74, 6) is 0.620. The standard InChI is InChI=1S/C18H17IN2O/c1-12-9-16(6-7-17(12)19)21-13(2)10-15(14(21)3)11-20-18-5-4-8-22-18/h4-11H,1-3H3. The van der Waals surface area contributed by atoms with Crippen LogP contribution >= 0.6 is 22.6 Å². The second-order valence-corrected chi connectivity index (χ2v) is 6.47. The van der Waals surface area contributed by atoms with E-state index in [1.807, 2.05) is 18.3 Å². The number of rotatable bonds is 3. The van der Waals surface area contributed by atoms with Gasteiger partial charge in [0.15, 0.2) is 0 Å². The molecule has 0 bridgehead atoms. The number of aromatic nitrogens is 1. The fourth-order valence-electron chi connectivity index (χ4n) is 2.56. The lowest BCUT2D eigenvalue weighted by Crippen LogP contribution is -2.00. The lowest BCUT2D eigenvalue weighted by molar-refractivity contribution is 0.578. The van der Waals surface area contributed by atoms with Crippen molar-refractivity contribution < 1.29 is 4.42 Å². The molecule has 0 unspecified atom stereocenters. The lowest BCUT2D eigenvalue weighted by Gasteiger charge is -2.11. The van der Waals surface area contributed by atoms with Crippen molar-refractivity contribution in [1.82, 2.24) is 4.57 Å². The molecule has 3 aromatic rings. The second kappa shape index (κ2) is 6.12. The summed E-state index contributed by atoms with van der Waals surface area (Å²) >= 11 is 2.36. The summed E-state index contributed by atoms with van der Waals surface area (Å²) in [6, 6.07) is 12.4. The zero-order valence-corrected chi connectivity index (χ0v) is 15.0. The average Bonchev–Trinajstić information content (AvgIpc) is 3.09. The van der Waals surface area contributed by atoms with Gasteiger partial charge in [-0.25, -0.2) is 4.99 Å². The average molecular weight is 404 g/mol. The molecule has 4 heteroatoms. The van der Waals surface area contributed by atoms with Crippen molar-refractivity contribution in [3.8, 4) is 5.69 Å². The largest absolute Gasteiger partial charge is 0.447 e. The van der Waals surface area contributed by atoms with E-state index in [0.717, 1.165) is 5.56 Å². The van der Waals surface area contributed by atoms with Gasteiger partial charge in [-0.1, -0.05) is 0 Å². The topological polar surface area (TPSA) is 30.4 Å². The molecule has 112 valence electrons. The van der Waals surface area contributed by atoms with Gasteiger partial charge in [0.1, 0.15) is 0 Å². The number of hydrogen-bond donors (Lipinski definition) is 0. The van der Waals surface area contributed by atoms with Gasteiger partial charge in [-0.15, -0.1) is 0 Å². The summed E-state index contributed by atoms with van der Waals surface area (Å²) in [6.07, 6.45) is 3.49. The van der Waals surface area contributed by atoms with E-state index >= 15 is 0 Å². The SMILES string of the molecule is Cc1cc(-n2c(C)cc(C=Nc3ccco3)c2C)ccc1I. The zero-order chi connectivity index (χ0) is 15.7. The molecule has 0 N–H and O–H groups in total. The molecule has 3 rings (SSSR count). The van der Waals surface area contributed by atoms with Gasteiger partial charge in [-0.3, -0.25) is 0 Å². The van der Waals surface area contributed by atoms with Crippen LogP contribution in [0.3, 0.4) is 0 Å². The van der Waals surface area contributed by atoms with Crippen LogP contribution in [0.4, 0.5) is 5.88 Å². The van der Waals surface area contributed by atoms with E-state index in [0.29, 0.717) is 5.88 Å². The van der Waals surface area contributed by atoms with E-state index in [1.165, 1.54) is 26.2 Å². The summed E-state index contributed by atoms with van der Waals surface area (Å²) in [5, 5.41) is 0. The minimum atomic E-state index is 0.620. The van der Waals surface area contributed by atoms with Crippen molar-refractivity contribution >= 4 is 34.7 Å². The molecule has 0 atom stereocenters. The Bertz CT molecular complexity index is 829. The van der Waals surface area contributed by atoms with E-state index in [2.05, 4.69) is 77.2 Å². The van der Waals surface area contributed by atoms with Crippen molar-refractivity contribution in [3.63, 3.8) is 0 Å². The number of furan rings is 1. The first kappa shape index (κ1) is 15.1. The maximum Gasteiger partial charge on any atom is 0.218 e. The molecule has 3 nitrogen and oxygen atoms in total. The normalized spacial score (nSPS) is 11.5. The Balaban J connectivity index is 2.01. The smallest absolute Gasteiger partial charge is 0.218 e. The molecule has 2 aromatic heterocycles. The third kappa shape index (κ3) is 2.88. The van der Waals surface area contributed by atoms with Gasteiger partial charge >= 0.3 is 0 Å². The molecule has 0 radical (unpaired) electrons. The minimum Gasteiger partial charge on any atom is -0.447 e. The van der Waals surface area contributed by atoms with Gasteiger partial charge < -0.3 is 8.98 Å². The Labute approximate surface area is 143 Å². The molecule has 0 aliphatic carbocycles. The highest BCUT2D eigenvalue weighted by atomic mass is 127. The summed E-state index contributed by atoms with van der Waals surface area (Å²) in [5.41, 5.74) is 5.94. The molecule has 1 aromatic carbocycles. The van der Waals surface area contributed by atoms with Crippen molar-refractivity contribution in [2.45, 2.75) is 20.8 Å². The van der Waals surface area contributed by atoms with Crippen molar-refractivity contribution in [2.24, 2.45) is 4.99 Å². The monoisotopic (exact) mass is 404 g/mol. The highest BCUT2D eigenvalue weighted by Gasteiger charge is 2.10. The fourth-order valence-corrected chi connectivity index (χ4v) is 2.90. The molecule has 0 spiro atoms. The van der Waals surface area contributed by atoms with Crippen LogP contribution in [0.15, 0.2) is 52.1 Å². The molecule has 0 aliphatic heterocycles. The highest BCUT2D eigenvalue weighted by molar-refractivity contribution is 14.1. The zero-order valence-electron chi connectivity index (χ0n) is 12.8. The predicted octanol–water partition coefficient (Wildman–Crippen LogP) is 5.35. The van der Waals surface area contributed by atoms with Gasteiger partial charge in [0, 0.05) is 38.5 Å². The number of hydrogen-bond acceptors (Lipinski definition) is 2. The lowest BCUT2D eigenvalue weighted by atomic mass is 10.2. The van der Waals surface area contributed by atoms with E-state index in [-0.39, 0.29) is 0 Å². The number of halogens is 1. The summed E-state index contributed by atoms with van der Waals surface area (Å²) in [4.78, 5) is 4.37. The van der Waals surface area contributed by atoms with Crippen molar-refractivity contribution in [2.75, 3.05) is 0 Å². The van der Waals surface area contributed by atoms with Gasteiger partial charge in [0.25, 0.3) is 0 Å². The van der Waals surface area contributed by atoms with Crippen LogP contribution < -0.4 is 0 Å². The Morgan fingerprint density at radius 1 is 1.14 bits per heavy atom. The first-order valence-corrected chi connectivity index (χ1v) is 8.17. The summed E-state index contributed by atoms with van der Waals surface area (Å²) in [7, 11) is 0. The van der Waals surface area contributed by atoms with E-state index in [4.69, 9.17) is 4.42 Å². The van der Waals surface area contributed by atoms with Gasteiger partial charge in [-0.05, 0) is 79.3 Å². The third-order valence-corrected chi connectivity index (χ3v) is 4.92. The third-order valence-electron chi connectivity index (χ3n) is 3.71. The van der Waals surface area contributed by atoms with Gasteiger partial charge in [0.2, 0.25) is 5.88 Å². The Kier molecular flexibility index (Phi) is 4.20. The van der Waals surface area contributed by atoms with Gasteiger partial charge in [0.05, 0.1) is 6.26 Å². The molecular weight excluding hydrogens is 387 g/mol. The Hall–Kier alpha value is -1.82.